The average molecular weight is 892 g/mol. The minimum atomic E-state index is -0.0259. The summed E-state index contributed by atoms with van der Waals surface area (Å²) in [6, 6.07) is 76.0. The summed E-state index contributed by atoms with van der Waals surface area (Å²) in [4.78, 5) is 10.4. The summed E-state index contributed by atoms with van der Waals surface area (Å²) in [6.07, 6.45) is 4.59. The van der Waals surface area contributed by atoms with Crippen LogP contribution < -0.4 is 0 Å². The highest BCUT2D eigenvalue weighted by Gasteiger charge is 2.23. The van der Waals surface area contributed by atoms with Crippen molar-refractivity contribution in [1.82, 2.24) is 14.5 Å². The van der Waals surface area contributed by atoms with Gasteiger partial charge < -0.3 is 4.57 Å². The van der Waals surface area contributed by atoms with Crippen molar-refractivity contribution in [3.05, 3.63) is 253 Å². The zero-order chi connectivity index (χ0) is 47.7. The summed E-state index contributed by atoms with van der Waals surface area (Å²) >= 11 is 0. The predicted octanol–water partition coefficient (Wildman–Crippen LogP) is 17.6. The molecule has 0 spiro atoms. The summed E-state index contributed by atoms with van der Waals surface area (Å²) in [5.74, 6) is 0.651. The van der Waals surface area contributed by atoms with Gasteiger partial charge in [0, 0.05) is 27.5 Å². The molecule has 0 bridgehead atoms. The molecule has 0 aliphatic carbocycles. The highest BCUT2D eigenvalue weighted by molar-refractivity contribution is 6.18. The third kappa shape index (κ3) is 9.42. The van der Waals surface area contributed by atoms with E-state index >= 15 is 0 Å². The smallest absolute Gasteiger partial charge is 0.160 e. The predicted molar refractivity (Wildman–Crippen MR) is 295 cm³/mol. The van der Waals surface area contributed by atoms with Crippen molar-refractivity contribution in [1.29, 1.82) is 0 Å². The number of nitrogens with zero attached hydrogens (tertiary/aromatic N) is 3. The number of hydrogen-bond donors (Lipinski definition) is 0. The fraction of sp³-hybridized carbons (Fsp3) is 0.121. The van der Waals surface area contributed by atoms with E-state index in [1.807, 2.05) is 24.3 Å². The summed E-state index contributed by atoms with van der Waals surface area (Å²) < 4.78 is 2.47. The monoisotopic (exact) mass is 891 g/mol. The first-order valence-electron chi connectivity index (χ1n) is 23.9. The van der Waals surface area contributed by atoms with Gasteiger partial charge in [0.15, 0.2) is 5.82 Å². The number of allylic oxidation sites excluding steroid dienone is 4. The molecular formula is C66H57N3. The first kappa shape index (κ1) is 44.7. The van der Waals surface area contributed by atoms with Crippen LogP contribution in [0.3, 0.4) is 0 Å². The number of hydrogen-bond acceptors (Lipinski definition) is 2. The number of benzene rings is 8. The Bertz CT molecular complexity index is 3360. The van der Waals surface area contributed by atoms with Crippen LogP contribution in [0, 0.1) is 0 Å². The maximum Gasteiger partial charge on any atom is 0.160 e. The van der Waals surface area contributed by atoms with Crippen LogP contribution >= 0.6 is 0 Å². The van der Waals surface area contributed by atoms with Crippen molar-refractivity contribution in [2.24, 2.45) is 0 Å². The topological polar surface area (TPSA) is 30.7 Å². The molecule has 3 heteroatoms. The Morgan fingerprint density at radius 3 is 1.38 bits per heavy atom. The lowest BCUT2D eigenvalue weighted by Crippen LogP contribution is -2.11. The highest BCUT2D eigenvalue weighted by atomic mass is 15.0. The molecule has 0 fully saturated rings. The molecule has 69 heavy (non-hydrogen) atoms. The van der Waals surface area contributed by atoms with E-state index in [1.54, 1.807) is 0 Å². The van der Waals surface area contributed by atoms with Crippen molar-refractivity contribution in [3.63, 3.8) is 0 Å². The fourth-order valence-electron chi connectivity index (χ4n) is 9.19. The summed E-state index contributed by atoms with van der Waals surface area (Å²) in [5.41, 5.74) is 18.0. The van der Waals surface area contributed by atoms with Crippen LogP contribution in [0.4, 0.5) is 0 Å². The molecule has 2 aromatic heterocycles. The largest absolute Gasteiger partial charge is 0.309 e. The van der Waals surface area contributed by atoms with Crippen LogP contribution in [0.1, 0.15) is 69.5 Å². The van der Waals surface area contributed by atoms with Gasteiger partial charge in [-0.25, -0.2) is 9.97 Å². The van der Waals surface area contributed by atoms with Gasteiger partial charge in [0.2, 0.25) is 0 Å². The number of aromatic nitrogens is 3. The molecule has 336 valence electrons. The molecule has 0 amide bonds. The molecule has 0 saturated heterocycles. The molecule has 3 nitrogen and oxygen atoms in total. The Morgan fingerprint density at radius 2 is 0.899 bits per heavy atom. The van der Waals surface area contributed by atoms with E-state index < -0.39 is 0 Å². The Hall–Kier alpha value is -8.14. The van der Waals surface area contributed by atoms with Crippen molar-refractivity contribution < 1.29 is 0 Å². The molecule has 0 aliphatic rings. The number of rotatable bonds is 10. The van der Waals surface area contributed by atoms with Gasteiger partial charge in [-0.3, -0.25) is 0 Å². The molecule has 0 N–H and O–H groups in total. The Morgan fingerprint density at radius 1 is 0.449 bits per heavy atom. The van der Waals surface area contributed by atoms with Gasteiger partial charge in [0.1, 0.15) is 0 Å². The molecule has 2 heterocycles. The van der Waals surface area contributed by atoms with Gasteiger partial charge in [0.25, 0.3) is 0 Å². The third-order valence-corrected chi connectivity index (χ3v) is 13.1. The van der Waals surface area contributed by atoms with Crippen molar-refractivity contribution in [2.45, 2.75) is 52.4 Å². The second kappa shape index (κ2) is 18.5. The first-order chi connectivity index (χ1) is 33.4. The van der Waals surface area contributed by atoms with Crippen molar-refractivity contribution in [2.75, 3.05) is 0 Å². The van der Waals surface area contributed by atoms with E-state index in [0.717, 1.165) is 61.5 Å². The molecule has 0 unspecified atom stereocenters. The zero-order valence-corrected chi connectivity index (χ0v) is 40.4. The minimum Gasteiger partial charge on any atom is -0.309 e. The fourth-order valence-corrected chi connectivity index (χ4v) is 9.19. The standard InChI is InChI=1S/C66H57N3/c1-45(59-44-60(50-24-16-10-17-25-50)68-64(67-59)51-26-18-11-19-27-51)40-56(49-30-36-55(37-31-49)66(5,6)7)63(41-46-28-34-54(35-29-46)65(2,3)4)69-61-38-32-52(47-20-12-8-13-21-47)42-57(61)58-43-53(33-39-62(58)69)48-22-14-9-15-23-48/h8-44H,1H2,2-7H3/b56-40-,63-41-. The Balaban J connectivity index is 1.27. The third-order valence-electron chi connectivity index (χ3n) is 13.1. The van der Waals surface area contributed by atoms with Gasteiger partial charge >= 0.3 is 0 Å². The molecule has 10 rings (SSSR count). The maximum atomic E-state index is 5.26. The Labute approximate surface area is 407 Å². The number of fused-ring (bicyclic) bond motifs is 3. The van der Waals surface area contributed by atoms with Gasteiger partial charge in [0.05, 0.1) is 28.1 Å². The molecule has 0 saturated carbocycles. The van der Waals surface area contributed by atoms with E-state index in [2.05, 4.69) is 246 Å². The molecule has 0 radical (unpaired) electrons. The molecule has 0 atom stereocenters. The van der Waals surface area contributed by atoms with E-state index in [4.69, 9.17) is 16.5 Å². The summed E-state index contributed by atoms with van der Waals surface area (Å²) in [5, 5.41) is 2.35. The highest BCUT2D eigenvalue weighted by Crippen LogP contribution is 2.42. The lowest BCUT2D eigenvalue weighted by atomic mass is 9.85. The molecular weight excluding hydrogens is 835 g/mol. The van der Waals surface area contributed by atoms with Gasteiger partial charge in [-0.1, -0.05) is 230 Å². The minimum absolute atomic E-state index is 0.0111. The van der Waals surface area contributed by atoms with E-state index in [1.165, 1.54) is 44.2 Å². The van der Waals surface area contributed by atoms with Gasteiger partial charge in [-0.05, 0) is 103 Å². The maximum absolute atomic E-state index is 5.26. The van der Waals surface area contributed by atoms with Crippen LogP contribution in [0.15, 0.2) is 225 Å². The average Bonchev–Trinajstić information content (AvgIpc) is 3.70. The van der Waals surface area contributed by atoms with E-state index in [9.17, 15) is 0 Å². The summed E-state index contributed by atoms with van der Waals surface area (Å²) in [6.45, 7) is 18.4. The molecule has 0 aliphatic heterocycles. The molecule has 10 aromatic rings. The van der Waals surface area contributed by atoms with Crippen LogP contribution in [0.2, 0.25) is 0 Å². The lowest BCUT2D eigenvalue weighted by molar-refractivity contribution is 0.590. The van der Waals surface area contributed by atoms with Crippen molar-refractivity contribution in [3.8, 4) is 44.9 Å². The van der Waals surface area contributed by atoms with E-state index in [0.29, 0.717) is 5.82 Å². The van der Waals surface area contributed by atoms with Crippen LogP contribution in [-0.4, -0.2) is 14.5 Å². The van der Waals surface area contributed by atoms with Crippen LogP contribution in [0.5, 0.6) is 0 Å². The van der Waals surface area contributed by atoms with Gasteiger partial charge in [-0.15, -0.1) is 0 Å². The SMILES string of the molecule is C=C(/C=C(\C(=C\c1ccc(C(C)(C)C)cc1)n1c2ccc(-c3ccccc3)cc2c2cc(-c3ccccc3)ccc21)c1ccc(C(C)(C)C)cc1)c1cc(-c2ccccc2)nc(-c2ccccc2)n1. The Kier molecular flexibility index (Phi) is 12.0. The summed E-state index contributed by atoms with van der Waals surface area (Å²) in [7, 11) is 0. The van der Waals surface area contributed by atoms with Crippen LogP contribution in [0.25, 0.3) is 89.6 Å². The van der Waals surface area contributed by atoms with Gasteiger partial charge in [-0.2, -0.15) is 0 Å². The zero-order valence-electron chi connectivity index (χ0n) is 40.4. The first-order valence-corrected chi connectivity index (χ1v) is 23.9. The second-order valence-corrected chi connectivity index (χ2v) is 20.0. The van der Waals surface area contributed by atoms with Crippen LogP contribution in [-0.2, 0) is 10.8 Å². The quantitative estimate of drug-likeness (QED) is 0.128. The van der Waals surface area contributed by atoms with E-state index in [-0.39, 0.29) is 10.8 Å². The molecule has 8 aromatic carbocycles. The van der Waals surface area contributed by atoms with Crippen molar-refractivity contribution >= 4 is 44.7 Å². The second-order valence-electron chi connectivity index (χ2n) is 20.0. The lowest BCUT2D eigenvalue weighted by Gasteiger charge is -2.22. The normalized spacial score (nSPS) is 12.4.